The van der Waals surface area contributed by atoms with Crippen LogP contribution in [0.4, 0.5) is 0 Å². The molecular weight excluding hydrogens is 1040 g/mol. The van der Waals surface area contributed by atoms with Crippen molar-refractivity contribution in [1.29, 1.82) is 0 Å². The normalized spacial score (nSPS) is 12.7. The summed E-state index contributed by atoms with van der Waals surface area (Å²) < 4.78 is 5.48. The number of rotatable bonds is 73. The lowest BCUT2D eigenvalue weighted by Crippen LogP contribution is -2.45. The topological polar surface area (TPSA) is 95.9 Å². The highest BCUT2D eigenvalue weighted by Gasteiger charge is 2.18. The molecule has 0 heterocycles. The van der Waals surface area contributed by atoms with E-state index >= 15 is 0 Å². The molecule has 0 rings (SSSR count). The summed E-state index contributed by atoms with van der Waals surface area (Å²) in [5, 5.41) is 23.3. The van der Waals surface area contributed by atoms with E-state index in [2.05, 4.69) is 43.5 Å². The van der Waals surface area contributed by atoms with Crippen molar-refractivity contribution in [3.8, 4) is 0 Å². The zero-order valence-corrected chi connectivity index (χ0v) is 57.6. The average molecular weight is 1200 g/mol. The summed E-state index contributed by atoms with van der Waals surface area (Å²) in [7, 11) is 0. The summed E-state index contributed by atoms with van der Waals surface area (Å²) in [5.74, 6) is -0.0423. The number of hydrogen-bond acceptors (Lipinski definition) is 5. The third kappa shape index (κ3) is 71.0. The van der Waals surface area contributed by atoms with Gasteiger partial charge in [-0.05, 0) is 64.2 Å². The van der Waals surface area contributed by atoms with Crippen LogP contribution in [0.15, 0.2) is 36.5 Å². The zero-order chi connectivity index (χ0) is 61.3. The first-order valence-corrected chi connectivity index (χ1v) is 38.8. The van der Waals surface area contributed by atoms with Gasteiger partial charge in [-0.1, -0.05) is 391 Å². The third-order valence-electron chi connectivity index (χ3n) is 18.2. The Morgan fingerprint density at radius 3 is 0.894 bits per heavy atom. The van der Waals surface area contributed by atoms with Gasteiger partial charge >= 0.3 is 5.97 Å². The van der Waals surface area contributed by atoms with E-state index in [1.165, 1.54) is 360 Å². The quantitative estimate of drug-likeness (QED) is 0.0320. The number of carbonyl (C=O) groups is 2. The molecule has 0 aliphatic heterocycles. The van der Waals surface area contributed by atoms with E-state index in [1.807, 2.05) is 6.08 Å². The zero-order valence-electron chi connectivity index (χ0n) is 57.6. The van der Waals surface area contributed by atoms with Crippen molar-refractivity contribution in [1.82, 2.24) is 5.32 Å². The van der Waals surface area contributed by atoms with Crippen molar-refractivity contribution in [2.45, 2.75) is 443 Å². The van der Waals surface area contributed by atoms with Crippen LogP contribution >= 0.6 is 0 Å². The molecule has 0 saturated heterocycles. The Bertz CT molecular complexity index is 1380. The summed E-state index contributed by atoms with van der Waals surface area (Å²) in [6, 6.07) is -0.627. The van der Waals surface area contributed by atoms with Gasteiger partial charge in [-0.3, -0.25) is 9.59 Å². The Balaban J connectivity index is 3.38. The maximum atomic E-state index is 12.5. The first kappa shape index (κ1) is 83.1. The number of amides is 1. The number of ether oxygens (including phenoxy) is 1. The second kappa shape index (κ2) is 74.5. The highest BCUT2D eigenvalue weighted by Crippen LogP contribution is 2.19. The molecule has 2 unspecified atom stereocenters. The Labute approximate surface area is 532 Å². The molecule has 0 bridgehead atoms. The lowest BCUT2D eigenvalue weighted by Gasteiger charge is -2.20. The number of unbranched alkanes of at least 4 members (excludes halogenated alkanes) is 58. The standard InChI is InChI=1S/C79H151NO5/c1-3-5-7-9-11-13-15-16-17-18-19-39-42-45-48-52-55-59-63-67-71-77(82)76(75-81)80-78(83)72-68-64-60-56-53-49-46-43-40-37-35-33-31-29-27-25-23-21-20-22-24-26-28-30-32-34-36-38-41-44-47-50-54-58-62-66-70-74-85-79(84)73-69-65-61-57-51-14-12-10-8-6-4-2/h20,22,26,28,67,71,76-77,81-82H,3-19,21,23-25,27,29-66,68-70,72-75H2,1-2H3,(H,80,83)/b22-20-,28-26-,71-67+. The van der Waals surface area contributed by atoms with Crippen molar-refractivity contribution >= 4 is 11.9 Å². The number of esters is 1. The minimum absolute atomic E-state index is 0.0188. The Kier molecular flexibility index (Phi) is 72.9. The maximum Gasteiger partial charge on any atom is 0.305 e. The highest BCUT2D eigenvalue weighted by molar-refractivity contribution is 5.76. The average Bonchev–Trinajstić information content (AvgIpc) is 3.55. The molecule has 6 nitrogen and oxygen atoms in total. The van der Waals surface area contributed by atoms with Gasteiger partial charge in [0.05, 0.1) is 25.4 Å². The number of nitrogens with one attached hydrogen (secondary N) is 1. The van der Waals surface area contributed by atoms with Crippen LogP contribution in [0, 0.1) is 0 Å². The molecule has 3 N–H and O–H groups in total. The fraction of sp³-hybridized carbons (Fsp3) is 0.899. The lowest BCUT2D eigenvalue weighted by molar-refractivity contribution is -0.143. The molecule has 0 aromatic carbocycles. The van der Waals surface area contributed by atoms with Crippen LogP contribution in [0.2, 0.25) is 0 Å². The second-order valence-corrected chi connectivity index (χ2v) is 26.7. The molecule has 2 atom stereocenters. The van der Waals surface area contributed by atoms with E-state index in [0.717, 1.165) is 44.9 Å². The smallest absolute Gasteiger partial charge is 0.305 e. The van der Waals surface area contributed by atoms with Crippen molar-refractivity contribution in [2.24, 2.45) is 0 Å². The van der Waals surface area contributed by atoms with E-state index in [0.29, 0.717) is 19.4 Å². The number of aliphatic hydroxyl groups is 2. The van der Waals surface area contributed by atoms with E-state index in [-0.39, 0.29) is 18.5 Å². The first-order valence-electron chi connectivity index (χ1n) is 38.8. The van der Waals surface area contributed by atoms with Gasteiger partial charge in [0.1, 0.15) is 0 Å². The van der Waals surface area contributed by atoms with Crippen molar-refractivity contribution in [3.05, 3.63) is 36.5 Å². The van der Waals surface area contributed by atoms with Crippen LogP contribution in [0.1, 0.15) is 431 Å². The molecule has 0 spiro atoms. The molecule has 0 aliphatic rings. The van der Waals surface area contributed by atoms with E-state index in [1.54, 1.807) is 6.08 Å². The number of allylic oxidation sites excluding steroid dienone is 5. The Hall–Kier alpha value is -1.92. The SMILES string of the molecule is CCCCCCCCCCCCCCCCCCCC/C=C/C(O)C(CO)NC(=O)CCCCCCCCCCCCCCCCCCC/C=C\C/C=C\CCCCCCCCCCCCCCCOC(=O)CCCCCCCCCCCCC. The predicted molar refractivity (Wildman–Crippen MR) is 375 cm³/mol. The van der Waals surface area contributed by atoms with Crippen LogP contribution in [0.5, 0.6) is 0 Å². The minimum Gasteiger partial charge on any atom is -0.466 e. The Morgan fingerprint density at radius 2 is 0.588 bits per heavy atom. The van der Waals surface area contributed by atoms with Crippen LogP contribution in [0.25, 0.3) is 0 Å². The molecule has 0 saturated carbocycles. The number of hydrogen-bond donors (Lipinski definition) is 3. The molecule has 1 amide bonds. The maximum absolute atomic E-state index is 12.5. The molecule has 0 radical (unpaired) electrons. The fourth-order valence-corrected chi connectivity index (χ4v) is 12.3. The molecule has 0 aromatic rings. The summed E-state index contributed by atoms with van der Waals surface area (Å²) in [5.41, 5.74) is 0. The molecule has 85 heavy (non-hydrogen) atoms. The van der Waals surface area contributed by atoms with Crippen LogP contribution in [-0.4, -0.2) is 47.4 Å². The third-order valence-corrected chi connectivity index (χ3v) is 18.2. The molecule has 0 aliphatic carbocycles. The number of aliphatic hydroxyl groups excluding tert-OH is 2. The van der Waals surface area contributed by atoms with Crippen molar-refractivity contribution < 1.29 is 24.5 Å². The van der Waals surface area contributed by atoms with Crippen LogP contribution in [0.3, 0.4) is 0 Å². The van der Waals surface area contributed by atoms with Gasteiger partial charge in [0.15, 0.2) is 0 Å². The minimum atomic E-state index is -0.844. The number of carbonyl (C=O) groups excluding carboxylic acids is 2. The molecule has 0 fully saturated rings. The van der Waals surface area contributed by atoms with Gasteiger partial charge in [-0.25, -0.2) is 0 Å². The van der Waals surface area contributed by atoms with Gasteiger partial charge in [0.25, 0.3) is 0 Å². The van der Waals surface area contributed by atoms with Gasteiger partial charge in [-0.15, -0.1) is 0 Å². The molecule has 0 aromatic heterocycles. The molecule has 6 heteroatoms. The monoisotopic (exact) mass is 1190 g/mol. The Morgan fingerprint density at radius 1 is 0.329 bits per heavy atom. The fourth-order valence-electron chi connectivity index (χ4n) is 12.3. The van der Waals surface area contributed by atoms with Crippen molar-refractivity contribution in [3.63, 3.8) is 0 Å². The van der Waals surface area contributed by atoms with Crippen LogP contribution < -0.4 is 5.32 Å². The molecule has 502 valence electrons. The van der Waals surface area contributed by atoms with Gasteiger partial charge in [-0.2, -0.15) is 0 Å². The lowest BCUT2D eigenvalue weighted by atomic mass is 10.0. The summed E-state index contributed by atoms with van der Waals surface area (Å²) in [6.45, 7) is 4.94. The van der Waals surface area contributed by atoms with Gasteiger partial charge < -0.3 is 20.3 Å². The molecular formula is C79H151NO5. The van der Waals surface area contributed by atoms with Crippen molar-refractivity contribution in [2.75, 3.05) is 13.2 Å². The summed E-state index contributed by atoms with van der Waals surface area (Å²) in [6.07, 6.45) is 96.9. The predicted octanol–water partition coefficient (Wildman–Crippen LogP) is 25.4. The second-order valence-electron chi connectivity index (χ2n) is 26.7. The summed E-state index contributed by atoms with van der Waals surface area (Å²) in [4.78, 5) is 24.5. The largest absolute Gasteiger partial charge is 0.466 e. The van der Waals surface area contributed by atoms with Gasteiger partial charge in [0.2, 0.25) is 5.91 Å². The first-order chi connectivity index (χ1) is 42.0. The van der Waals surface area contributed by atoms with E-state index in [9.17, 15) is 19.8 Å². The van der Waals surface area contributed by atoms with Gasteiger partial charge in [0, 0.05) is 12.8 Å². The highest BCUT2D eigenvalue weighted by atomic mass is 16.5. The summed E-state index contributed by atoms with van der Waals surface area (Å²) >= 11 is 0. The van der Waals surface area contributed by atoms with E-state index < -0.39 is 12.1 Å². The van der Waals surface area contributed by atoms with E-state index in [4.69, 9.17) is 4.74 Å². The van der Waals surface area contributed by atoms with Crippen LogP contribution in [-0.2, 0) is 14.3 Å².